The Morgan fingerprint density at radius 2 is 1.44 bits per heavy atom. The monoisotopic (exact) mass is 360 g/mol. The van der Waals surface area contributed by atoms with Crippen molar-refractivity contribution >= 4 is 11.7 Å². The molecule has 5 heteroatoms. The third kappa shape index (κ3) is 5.92. The molecule has 0 saturated carbocycles. The van der Waals surface area contributed by atoms with E-state index in [1.54, 1.807) is 13.0 Å². The molecule has 138 valence electrons. The fraction of sp³-hybridized carbons (Fsp3) is 0.227. The highest BCUT2D eigenvalue weighted by atomic mass is 16.1. The van der Waals surface area contributed by atoms with Crippen molar-refractivity contribution in [2.24, 2.45) is 0 Å². The van der Waals surface area contributed by atoms with Crippen LogP contribution in [0.3, 0.4) is 0 Å². The van der Waals surface area contributed by atoms with Crippen LogP contribution >= 0.6 is 0 Å². The van der Waals surface area contributed by atoms with Gasteiger partial charge in [-0.15, -0.1) is 0 Å². The van der Waals surface area contributed by atoms with Gasteiger partial charge >= 0.3 is 0 Å². The van der Waals surface area contributed by atoms with Gasteiger partial charge in [0.05, 0.1) is 0 Å². The maximum Gasteiger partial charge on any atom is 0.270 e. The number of rotatable bonds is 8. The summed E-state index contributed by atoms with van der Waals surface area (Å²) in [5, 5.41) is 6.21. The Balaban J connectivity index is 1.53. The quantitative estimate of drug-likeness (QED) is 0.646. The molecular formula is C22H24N4O. The van der Waals surface area contributed by atoms with E-state index >= 15 is 0 Å². The van der Waals surface area contributed by atoms with Gasteiger partial charge in [-0.2, -0.15) is 0 Å². The van der Waals surface area contributed by atoms with Gasteiger partial charge in [0.15, 0.2) is 0 Å². The summed E-state index contributed by atoms with van der Waals surface area (Å²) in [5.41, 5.74) is 2.84. The minimum absolute atomic E-state index is 0.178. The summed E-state index contributed by atoms with van der Waals surface area (Å²) in [4.78, 5) is 21.0. The SMILES string of the molecule is Cc1nc(NCCc2ccccc2)cc(C(=O)NCCc2ccccc2)n1. The fourth-order valence-electron chi connectivity index (χ4n) is 2.81. The third-order valence-corrected chi connectivity index (χ3v) is 4.18. The number of benzene rings is 2. The second kappa shape index (κ2) is 9.48. The molecule has 3 rings (SSSR count). The lowest BCUT2D eigenvalue weighted by atomic mass is 10.1. The van der Waals surface area contributed by atoms with E-state index < -0.39 is 0 Å². The molecular weight excluding hydrogens is 336 g/mol. The number of nitrogens with zero attached hydrogens (tertiary/aromatic N) is 2. The van der Waals surface area contributed by atoms with E-state index in [-0.39, 0.29) is 5.91 Å². The molecule has 5 nitrogen and oxygen atoms in total. The molecule has 0 unspecified atom stereocenters. The number of carbonyl (C=O) groups excluding carboxylic acids is 1. The molecule has 0 aliphatic heterocycles. The Morgan fingerprint density at radius 3 is 2.07 bits per heavy atom. The minimum Gasteiger partial charge on any atom is -0.370 e. The smallest absolute Gasteiger partial charge is 0.270 e. The first-order valence-electron chi connectivity index (χ1n) is 9.16. The van der Waals surface area contributed by atoms with Crippen molar-refractivity contribution in [1.29, 1.82) is 0 Å². The van der Waals surface area contributed by atoms with Gasteiger partial charge in [-0.25, -0.2) is 9.97 Å². The first-order chi connectivity index (χ1) is 13.2. The predicted molar refractivity (Wildman–Crippen MR) is 108 cm³/mol. The van der Waals surface area contributed by atoms with Crippen molar-refractivity contribution < 1.29 is 4.79 Å². The van der Waals surface area contributed by atoms with Gasteiger partial charge in [-0.05, 0) is 30.9 Å². The van der Waals surface area contributed by atoms with Crippen LogP contribution in [-0.4, -0.2) is 29.0 Å². The molecule has 0 saturated heterocycles. The van der Waals surface area contributed by atoms with Gasteiger partial charge in [-0.3, -0.25) is 4.79 Å². The zero-order valence-corrected chi connectivity index (χ0v) is 15.5. The Morgan fingerprint density at radius 1 is 0.852 bits per heavy atom. The van der Waals surface area contributed by atoms with Gasteiger partial charge in [0.25, 0.3) is 5.91 Å². The maximum absolute atomic E-state index is 12.4. The zero-order chi connectivity index (χ0) is 18.9. The van der Waals surface area contributed by atoms with E-state index in [9.17, 15) is 4.79 Å². The molecule has 3 aromatic rings. The van der Waals surface area contributed by atoms with Gasteiger partial charge in [0.2, 0.25) is 0 Å². The van der Waals surface area contributed by atoms with Crippen LogP contribution in [0.15, 0.2) is 66.7 Å². The molecule has 0 aliphatic rings. The molecule has 0 atom stereocenters. The molecule has 1 heterocycles. The van der Waals surface area contributed by atoms with Gasteiger partial charge in [0.1, 0.15) is 17.3 Å². The van der Waals surface area contributed by atoms with Crippen molar-refractivity contribution in [3.05, 3.63) is 89.4 Å². The second-order valence-corrected chi connectivity index (χ2v) is 6.34. The lowest BCUT2D eigenvalue weighted by Gasteiger charge is -2.09. The van der Waals surface area contributed by atoms with E-state index in [4.69, 9.17) is 0 Å². The lowest BCUT2D eigenvalue weighted by Crippen LogP contribution is -2.27. The van der Waals surface area contributed by atoms with Crippen LogP contribution in [0, 0.1) is 6.92 Å². The van der Waals surface area contributed by atoms with Crippen LogP contribution in [0.5, 0.6) is 0 Å². The molecule has 0 radical (unpaired) electrons. The molecule has 1 amide bonds. The Kier molecular flexibility index (Phi) is 6.52. The van der Waals surface area contributed by atoms with E-state index in [1.807, 2.05) is 36.4 Å². The Hall–Kier alpha value is -3.21. The molecule has 1 aromatic heterocycles. The second-order valence-electron chi connectivity index (χ2n) is 6.34. The van der Waals surface area contributed by atoms with Crippen molar-refractivity contribution in [2.45, 2.75) is 19.8 Å². The summed E-state index contributed by atoms with van der Waals surface area (Å²) >= 11 is 0. The van der Waals surface area contributed by atoms with Gasteiger partial charge in [-0.1, -0.05) is 60.7 Å². The summed E-state index contributed by atoms with van der Waals surface area (Å²) in [6, 6.07) is 22.0. The lowest BCUT2D eigenvalue weighted by molar-refractivity contribution is 0.0949. The van der Waals surface area contributed by atoms with Crippen molar-refractivity contribution in [3.8, 4) is 0 Å². The number of amides is 1. The zero-order valence-electron chi connectivity index (χ0n) is 15.5. The number of aromatic nitrogens is 2. The minimum atomic E-state index is -0.178. The van der Waals surface area contributed by atoms with Crippen molar-refractivity contribution in [2.75, 3.05) is 18.4 Å². The summed E-state index contributed by atoms with van der Waals surface area (Å²) in [5.74, 6) is 1.07. The van der Waals surface area contributed by atoms with Gasteiger partial charge in [0, 0.05) is 19.2 Å². The average molecular weight is 360 g/mol. The highest BCUT2D eigenvalue weighted by Gasteiger charge is 2.10. The van der Waals surface area contributed by atoms with Crippen LogP contribution in [-0.2, 0) is 12.8 Å². The summed E-state index contributed by atoms with van der Waals surface area (Å²) in [6.45, 7) is 3.11. The summed E-state index contributed by atoms with van der Waals surface area (Å²) in [7, 11) is 0. The number of carbonyl (C=O) groups is 1. The number of aryl methyl sites for hydroxylation is 1. The number of hydrogen-bond acceptors (Lipinski definition) is 4. The summed E-state index contributed by atoms with van der Waals surface area (Å²) in [6.07, 6.45) is 1.68. The highest BCUT2D eigenvalue weighted by molar-refractivity contribution is 5.92. The molecule has 2 N–H and O–H groups in total. The maximum atomic E-state index is 12.4. The Labute approximate surface area is 159 Å². The number of nitrogens with one attached hydrogen (secondary N) is 2. The molecule has 27 heavy (non-hydrogen) atoms. The average Bonchev–Trinajstić information content (AvgIpc) is 2.69. The number of hydrogen-bond donors (Lipinski definition) is 2. The van der Waals surface area contributed by atoms with E-state index in [1.165, 1.54) is 11.1 Å². The molecule has 0 aliphatic carbocycles. The van der Waals surface area contributed by atoms with E-state index in [0.29, 0.717) is 23.9 Å². The Bertz CT molecular complexity index is 866. The fourth-order valence-corrected chi connectivity index (χ4v) is 2.81. The van der Waals surface area contributed by atoms with Crippen molar-refractivity contribution in [1.82, 2.24) is 15.3 Å². The van der Waals surface area contributed by atoms with Crippen LogP contribution in [0.2, 0.25) is 0 Å². The molecule has 0 fully saturated rings. The predicted octanol–water partition coefficient (Wildman–Crippen LogP) is 3.41. The normalized spacial score (nSPS) is 10.4. The van der Waals surface area contributed by atoms with Crippen LogP contribution < -0.4 is 10.6 Å². The van der Waals surface area contributed by atoms with Crippen molar-refractivity contribution in [3.63, 3.8) is 0 Å². The van der Waals surface area contributed by atoms with Crippen LogP contribution in [0.25, 0.3) is 0 Å². The molecule has 2 aromatic carbocycles. The molecule has 0 bridgehead atoms. The highest BCUT2D eigenvalue weighted by Crippen LogP contribution is 2.08. The standard InChI is InChI=1S/C22H24N4O/c1-17-25-20(22(27)24-15-13-19-10-6-3-7-11-19)16-21(26-17)23-14-12-18-8-4-2-5-9-18/h2-11,16H,12-15H2,1H3,(H,24,27)(H,23,25,26). The number of anilines is 1. The van der Waals surface area contributed by atoms with Crippen LogP contribution in [0.1, 0.15) is 27.4 Å². The van der Waals surface area contributed by atoms with E-state index in [2.05, 4.69) is 44.9 Å². The largest absolute Gasteiger partial charge is 0.370 e. The van der Waals surface area contributed by atoms with Gasteiger partial charge < -0.3 is 10.6 Å². The first kappa shape index (κ1) is 18.6. The molecule has 0 spiro atoms. The first-order valence-corrected chi connectivity index (χ1v) is 9.16. The third-order valence-electron chi connectivity index (χ3n) is 4.18. The topological polar surface area (TPSA) is 66.9 Å². The van der Waals surface area contributed by atoms with E-state index in [0.717, 1.165) is 19.4 Å². The summed E-state index contributed by atoms with van der Waals surface area (Å²) < 4.78 is 0. The van der Waals surface area contributed by atoms with Crippen LogP contribution in [0.4, 0.5) is 5.82 Å².